The van der Waals surface area contributed by atoms with E-state index in [4.69, 9.17) is 9.47 Å². The number of esters is 2. The van der Waals surface area contributed by atoms with Crippen LogP contribution in [-0.2, 0) is 36.5 Å². The van der Waals surface area contributed by atoms with Gasteiger partial charge >= 0.3 is 18.1 Å². The highest BCUT2D eigenvalue weighted by Gasteiger charge is 2.55. The van der Waals surface area contributed by atoms with Crippen LogP contribution in [0.4, 0.5) is 24.5 Å². The van der Waals surface area contributed by atoms with Crippen LogP contribution in [0.5, 0.6) is 0 Å². The van der Waals surface area contributed by atoms with E-state index in [1.54, 1.807) is 63.2 Å². The van der Waals surface area contributed by atoms with Crippen LogP contribution in [0, 0.1) is 11.3 Å². The second-order valence-corrected chi connectivity index (χ2v) is 12.8. The molecule has 4 rings (SSSR count). The zero-order valence-corrected chi connectivity index (χ0v) is 29.2. The normalized spacial score (nSPS) is 13.6. The van der Waals surface area contributed by atoms with Crippen molar-refractivity contribution in [3.05, 3.63) is 82.9 Å². The summed E-state index contributed by atoms with van der Waals surface area (Å²) in [5.74, 6) is -3.39. The molecule has 1 fully saturated rings. The molecule has 272 valence electrons. The molecule has 12 heteroatoms. The number of Topliss-reactive ketones (excluding diaryl/α,β-unsaturated/α-hetero) is 1. The largest absolute Gasteiger partial charge is 0.465 e. The number of amides is 1. The van der Waals surface area contributed by atoms with E-state index in [9.17, 15) is 37.1 Å². The Bertz CT molecular complexity index is 1730. The Balaban J connectivity index is 1.72. The summed E-state index contributed by atoms with van der Waals surface area (Å²) in [6, 6.07) is 14.3. The summed E-state index contributed by atoms with van der Waals surface area (Å²) >= 11 is 0. The minimum Gasteiger partial charge on any atom is -0.465 e. The van der Waals surface area contributed by atoms with Crippen LogP contribution in [0.25, 0.3) is 11.1 Å². The van der Waals surface area contributed by atoms with E-state index in [0.717, 1.165) is 31.4 Å². The van der Waals surface area contributed by atoms with Crippen molar-refractivity contribution in [3.63, 3.8) is 0 Å². The molecule has 1 aliphatic rings. The van der Waals surface area contributed by atoms with Gasteiger partial charge in [0.25, 0.3) is 5.91 Å². The lowest BCUT2D eigenvalue weighted by atomic mass is 9.65. The van der Waals surface area contributed by atoms with Crippen LogP contribution >= 0.6 is 0 Å². The molecule has 0 radical (unpaired) electrons. The quantitative estimate of drug-likeness (QED) is 0.103. The Morgan fingerprint density at radius 2 is 1.51 bits per heavy atom. The molecule has 1 saturated carbocycles. The summed E-state index contributed by atoms with van der Waals surface area (Å²) in [5.41, 5.74) is -1.67. The minimum absolute atomic E-state index is 0.00882. The second kappa shape index (κ2) is 16.8. The SMILES string of the molecule is CCOC(=O)C(CC(=O)Cc1ccc(NC(=O)c2cc(C(F)(F)F)ccc2-c2ccccc2)c(C=O)c1N(C)C)(C(=O)OCC)C1CCCCC1. The minimum atomic E-state index is -4.71. The molecule has 0 saturated heterocycles. The molecular formula is C39H43F3N2O7. The number of nitrogens with zero attached hydrogens (tertiary/aromatic N) is 1. The van der Waals surface area contributed by atoms with Gasteiger partial charge in [-0.1, -0.05) is 61.7 Å². The first kappa shape index (κ1) is 38.8. The third-order valence-electron chi connectivity index (χ3n) is 9.24. The fourth-order valence-corrected chi connectivity index (χ4v) is 6.93. The molecule has 0 unspecified atom stereocenters. The van der Waals surface area contributed by atoms with E-state index in [2.05, 4.69) is 5.32 Å². The number of alkyl halides is 3. The molecule has 51 heavy (non-hydrogen) atoms. The topological polar surface area (TPSA) is 119 Å². The summed E-state index contributed by atoms with van der Waals surface area (Å²) in [5, 5.41) is 2.61. The molecule has 9 nitrogen and oxygen atoms in total. The number of rotatable bonds is 14. The maximum absolute atomic E-state index is 13.9. The standard InChI is InChI=1S/C39H43F3N2O7/c1-5-50-36(48)38(37(49)51-6-2,27-15-11-8-12-16-27)23-29(46)21-26-17-20-33(32(24-45)34(26)44(3)4)43-35(47)31-22-28(39(40,41)42)18-19-30(31)25-13-9-7-10-14-25/h7,9-10,13-14,17-20,22,24,27H,5-6,8,11-12,15-16,21,23H2,1-4H3,(H,43,47). The lowest BCUT2D eigenvalue weighted by Gasteiger charge is -2.38. The number of ketones is 1. The fourth-order valence-electron chi connectivity index (χ4n) is 6.93. The number of benzene rings is 3. The lowest BCUT2D eigenvalue weighted by Crippen LogP contribution is -2.50. The molecule has 1 N–H and O–H groups in total. The molecule has 0 aliphatic heterocycles. The molecule has 0 heterocycles. The smallest absolute Gasteiger partial charge is 0.416 e. The van der Waals surface area contributed by atoms with Crippen molar-refractivity contribution in [3.8, 4) is 11.1 Å². The van der Waals surface area contributed by atoms with Crippen molar-refractivity contribution in [1.82, 2.24) is 0 Å². The van der Waals surface area contributed by atoms with Crippen molar-refractivity contribution in [2.75, 3.05) is 37.5 Å². The van der Waals surface area contributed by atoms with Crippen molar-refractivity contribution in [1.29, 1.82) is 0 Å². The first-order valence-corrected chi connectivity index (χ1v) is 17.0. The summed E-state index contributed by atoms with van der Waals surface area (Å²) in [4.78, 5) is 68.9. The first-order valence-electron chi connectivity index (χ1n) is 17.0. The highest BCUT2D eigenvalue weighted by atomic mass is 19.4. The van der Waals surface area contributed by atoms with Crippen molar-refractivity contribution in [2.24, 2.45) is 11.3 Å². The van der Waals surface area contributed by atoms with Gasteiger partial charge in [0.2, 0.25) is 0 Å². The van der Waals surface area contributed by atoms with Crippen LogP contribution in [-0.4, -0.2) is 57.2 Å². The van der Waals surface area contributed by atoms with Crippen LogP contribution in [0.1, 0.15) is 84.2 Å². The Kier molecular flexibility index (Phi) is 12.8. The van der Waals surface area contributed by atoms with Crippen molar-refractivity contribution < 1.29 is 46.6 Å². The average Bonchev–Trinajstić information content (AvgIpc) is 3.11. The highest BCUT2D eigenvalue weighted by Crippen LogP contribution is 2.44. The number of anilines is 2. The fraction of sp³-hybridized carbons (Fsp3) is 0.410. The third kappa shape index (κ3) is 8.66. The Morgan fingerprint density at radius 3 is 2.06 bits per heavy atom. The summed E-state index contributed by atoms with van der Waals surface area (Å²) < 4.78 is 51.9. The molecule has 3 aromatic carbocycles. The van der Waals surface area contributed by atoms with Gasteiger partial charge in [-0.15, -0.1) is 0 Å². The van der Waals surface area contributed by atoms with E-state index < -0.39 is 53.1 Å². The van der Waals surface area contributed by atoms with Gasteiger partial charge in [-0.3, -0.25) is 24.0 Å². The van der Waals surface area contributed by atoms with Gasteiger partial charge in [-0.25, -0.2) is 0 Å². The molecular weight excluding hydrogens is 665 g/mol. The number of hydrogen-bond acceptors (Lipinski definition) is 8. The summed E-state index contributed by atoms with van der Waals surface area (Å²) in [7, 11) is 3.26. The van der Waals surface area contributed by atoms with Gasteiger partial charge in [-0.2, -0.15) is 13.2 Å². The van der Waals surface area contributed by atoms with Crippen molar-refractivity contribution >= 4 is 41.3 Å². The molecule has 0 atom stereocenters. The van der Waals surface area contributed by atoms with Crippen LogP contribution in [0.3, 0.4) is 0 Å². The maximum Gasteiger partial charge on any atom is 0.416 e. The number of aldehydes is 1. The number of ether oxygens (including phenoxy) is 2. The zero-order valence-electron chi connectivity index (χ0n) is 29.2. The van der Waals surface area contributed by atoms with E-state index in [0.29, 0.717) is 30.3 Å². The van der Waals surface area contributed by atoms with Gasteiger partial charge in [-0.05, 0) is 67.5 Å². The van der Waals surface area contributed by atoms with E-state index >= 15 is 0 Å². The number of halogens is 3. The summed E-state index contributed by atoms with van der Waals surface area (Å²) in [6.45, 7) is 3.26. The number of carbonyl (C=O) groups is 5. The maximum atomic E-state index is 13.9. The first-order chi connectivity index (χ1) is 24.3. The predicted octanol–water partition coefficient (Wildman–Crippen LogP) is 7.70. The predicted molar refractivity (Wildman–Crippen MR) is 187 cm³/mol. The van der Waals surface area contributed by atoms with Gasteiger partial charge in [0.05, 0.1) is 35.7 Å². The lowest BCUT2D eigenvalue weighted by molar-refractivity contribution is -0.180. The number of nitrogens with one attached hydrogen (secondary N) is 1. The van der Waals surface area contributed by atoms with Gasteiger partial charge in [0.1, 0.15) is 5.78 Å². The van der Waals surface area contributed by atoms with Crippen molar-refractivity contribution in [2.45, 2.75) is 65.0 Å². The summed E-state index contributed by atoms with van der Waals surface area (Å²) in [6.07, 6.45) is -1.34. The molecule has 1 aliphatic carbocycles. The Labute approximate surface area is 295 Å². The average molecular weight is 709 g/mol. The molecule has 1 amide bonds. The molecule has 0 spiro atoms. The number of hydrogen-bond donors (Lipinski definition) is 1. The van der Waals surface area contributed by atoms with Gasteiger partial charge in [0.15, 0.2) is 11.7 Å². The Morgan fingerprint density at radius 1 is 0.882 bits per heavy atom. The molecule has 0 bridgehead atoms. The second-order valence-electron chi connectivity index (χ2n) is 12.8. The van der Waals surface area contributed by atoms with E-state index in [1.165, 1.54) is 18.2 Å². The van der Waals surface area contributed by atoms with Crippen LogP contribution in [0.2, 0.25) is 0 Å². The van der Waals surface area contributed by atoms with E-state index in [1.807, 2.05) is 0 Å². The third-order valence-corrected chi connectivity index (χ3v) is 9.24. The van der Waals surface area contributed by atoms with Crippen LogP contribution in [0.15, 0.2) is 60.7 Å². The molecule has 3 aromatic rings. The van der Waals surface area contributed by atoms with Crippen LogP contribution < -0.4 is 10.2 Å². The zero-order chi connectivity index (χ0) is 37.3. The van der Waals surface area contributed by atoms with Gasteiger partial charge in [0, 0.05) is 32.5 Å². The van der Waals surface area contributed by atoms with Gasteiger partial charge < -0.3 is 19.7 Å². The number of carbonyl (C=O) groups excluding carboxylic acids is 5. The highest BCUT2D eigenvalue weighted by molar-refractivity contribution is 6.11. The monoisotopic (exact) mass is 708 g/mol. The molecule has 0 aromatic heterocycles. The Hall–Kier alpha value is -5.00. The van der Waals surface area contributed by atoms with E-state index in [-0.39, 0.29) is 47.7 Å².